The molecule has 0 spiro atoms. The van der Waals surface area contributed by atoms with Crippen LogP contribution in [-0.2, 0) is 9.53 Å². The number of methoxy groups -OCH3 is 2. The van der Waals surface area contributed by atoms with Gasteiger partial charge in [0.15, 0.2) is 11.5 Å². The van der Waals surface area contributed by atoms with Crippen LogP contribution in [0, 0.1) is 0 Å². The molecule has 0 radical (unpaired) electrons. The van der Waals surface area contributed by atoms with Gasteiger partial charge < -0.3 is 29.7 Å². The summed E-state index contributed by atoms with van der Waals surface area (Å²) < 4.78 is 16.0. The molecule has 1 aromatic rings. The first-order valence-electron chi connectivity index (χ1n) is 10.1. The monoisotopic (exact) mass is 418 g/mol. The van der Waals surface area contributed by atoms with E-state index in [0.717, 1.165) is 26.2 Å². The maximum Gasteiger partial charge on any atom is 0.338 e. The number of likely N-dealkylation sites (N-methyl/N-ethyl adjacent to an activating group) is 1. The predicted molar refractivity (Wildman–Crippen MR) is 112 cm³/mol. The second-order valence-electron chi connectivity index (χ2n) is 7.34. The van der Waals surface area contributed by atoms with Crippen LogP contribution in [0.4, 0.5) is 4.79 Å². The highest BCUT2D eigenvalue weighted by Crippen LogP contribution is 2.34. The minimum absolute atomic E-state index is 0.247. The van der Waals surface area contributed by atoms with E-state index >= 15 is 0 Å². The fourth-order valence-corrected chi connectivity index (χ4v) is 3.70. The van der Waals surface area contributed by atoms with Crippen LogP contribution in [-0.4, -0.2) is 82.4 Å². The number of carbonyl (C=O) groups is 2. The van der Waals surface area contributed by atoms with Crippen LogP contribution in [0.2, 0.25) is 0 Å². The number of carbonyl (C=O) groups excluding carboxylic acids is 2. The summed E-state index contributed by atoms with van der Waals surface area (Å²) in [6, 6.07) is 4.32. The summed E-state index contributed by atoms with van der Waals surface area (Å²) >= 11 is 0. The van der Waals surface area contributed by atoms with Gasteiger partial charge in [0.05, 0.1) is 32.4 Å². The zero-order valence-electron chi connectivity index (χ0n) is 18.0. The van der Waals surface area contributed by atoms with Crippen molar-refractivity contribution >= 4 is 12.0 Å². The Morgan fingerprint density at radius 3 is 2.47 bits per heavy atom. The van der Waals surface area contributed by atoms with Crippen LogP contribution < -0.4 is 20.1 Å². The number of hydrogen-bond acceptors (Lipinski definition) is 7. The third-order valence-electron chi connectivity index (χ3n) is 5.37. The van der Waals surface area contributed by atoms with Gasteiger partial charge in [-0.2, -0.15) is 0 Å². The number of rotatable bonds is 7. The SMILES string of the molecule is CCOC(=O)C1=C(CN2CCN(C)CC2)NC(=O)NC1c1ccc(OC)c(OC)c1. The standard InChI is InChI=1S/C21H30N4O5/c1-5-30-20(26)18-15(13-25-10-8-24(2)9-11-25)22-21(27)23-19(18)14-6-7-16(28-3)17(12-14)29-4/h6-7,12,19H,5,8-11,13H2,1-4H3,(H2,22,23,27). The summed E-state index contributed by atoms with van der Waals surface area (Å²) in [6.07, 6.45) is 0. The highest BCUT2D eigenvalue weighted by molar-refractivity contribution is 5.95. The van der Waals surface area contributed by atoms with Crippen molar-refractivity contribution in [2.45, 2.75) is 13.0 Å². The second kappa shape index (κ2) is 9.82. The quantitative estimate of drug-likeness (QED) is 0.641. The number of nitrogens with zero attached hydrogens (tertiary/aromatic N) is 2. The minimum Gasteiger partial charge on any atom is -0.493 e. The molecule has 1 saturated heterocycles. The Labute approximate surface area is 176 Å². The zero-order chi connectivity index (χ0) is 21.7. The van der Waals surface area contributed by atoms with Crippen LogP contribution in [0.25, 0.3) is 0 Å². The third kappa shape index (κ3) is 4.85. The molecule has 0 saturated carbocycles. The molecule has 0 aromatic heterocycles. The number of ether oxygens (including phenoxy) is 3. The van der Waals surface area contributed by atoms with Gasteiger partial charge in [-0.05, 0) is 31.7 Å². The Kier molecular flexibility index (Phi) is 7.17. The second-order valence-corrected chi connectivity index (χ2v) is 7.34. The van der Waals surface area contributed by atoms with Gasteiger partial charge in [0, 0.05) is 38.4 Å². The largest absolute Gasteiger partial charge is 0.493 e. The highest BCUT2D eigenvalue weighted by atomic mass is 16.5. The molecular formula is C21H30N4O5. The van der Waals surface area contributed by atoms with E-state index in [1.54, 1.807) is 33.3 Å². The summed E-state index contributed by atoms with van der Waals surface area (Å²) in [5.74, 6) is 0.640. The summed E-state index contributed by atoms with van der Waals surface area (Å²) in [7, 11) is 5.19. The van der Waals surface area contributed by atoms with Crippen molar-refractivity contribution in [2.75, 3.05) is 60.6 Å². The molecule has 164 valence electrons. The average Bonchev–Trinajstić information content (AvgIpc) is 2.74. The average molecular weight is 418 g/mol. The molecule has 1 aromatic carbocycles. The Balaban J connectivity index is 1.99. The number of benzene rings is 1. The van der Waals surface area contributed by atoms with Gasteiger partial charge in [-0.15, -0.1) is 0 Å². The molecule has 2 aliphatic heterocycles. The molecule has 1 atom stereocenters. The minimum atomic E-state index is -0.653. The molecule has 2 heterocycles. The molecule has 0 bridgehead atoms. The van der Waals surface area contributed by atoms with Crippen molar-refractivity contribution in [3.63, 3.8) is 0 Å². The number of esters is 1. The van der Waals surface area contributed by atoms with Crippen LogP contribution in [0.3, 0.4) is 0 Å². The molecule has 9 heteroatoms. The molecule has 2 aliphatic rings. The number of piperazine rings is 1. The first-order valence-corrected chi connectivity index (χ1v) is 10.1. The van der Waals surface area contributed by atoms with Crippen molar-refractivity contribution in [3.8, 4) is 11.5 Å². The van der Waals surface area contributed by atoms with Gasteiger partial charge >= 0.3 is 12.0 Å². The third-order valence-corrected chi connectivity index (χ3v) is 5.37. The molecular weight excluding hydrogens is 388 g/mol. The van der Waals surface area contributed by atoms with E-state index in [9.17, 15) is 9.59 Å². The lowest BCUT2D eigenvalue weighted by atomic mass is 9.94. The van der Waals surface area contributed by atoms with Gasteiger partial charge in [-0.3, -0.25) is 4.90 Å². The predicted octanol–water partition coefficient (Wildman–Crippen LogP) is 1.12. The highest BCUT2D eigenvalue weighted by Gasteiger charge is 2.35. The van der Waals surface area contributed by atoms with Crippen molar-refractivity contribution < 1.29 is 23.8 Å². The Bertz CT molecular complexity index is 818. The Morgan fingerprint density at radius 2 is 1.83 bits per heavy atom. The van der Waals surface area contributed by atoms with Crippen molar-refractivity contribution in [2.24, 2.45) is 0 Å². The summed E-state index contributed by atoms with van der Waals surface area (Å²) in [5, 5.41) is 5.69. The lowest BCUT2D eigenvalue weighted by Crippen LogP contribution is -2.51. The molecule has 1 unspecified atom stereocenters. The number of urea groups is 1. The summed E-state index contributed by atoms with van der Waals surface area (Å²) in [6.45, 7) is 6.08. The smallest absolute Gasteiger partial charge is 0.338 e. The van der Waals surface area contributed by atoms with Crippen LogP contribution in [0.5, 0.6) is 11.5 Å². The number of hydrogen-bond donors (Lipinski definition) is 2. The van der Waals surface area contributed by atoms with Crippen LogP contribution in [0.1, 0.15) is 18.5 Å². The van der Waals surface area contributed by atoms with Crippen molar-refractivity contribution in [1.82, 2.24) is 20.4 Å². The maximum atomic E-state index is 12.9. The Hall–Kier alpha value is -2.78. The van der Waals surface area contributed by atoms with Gasteiger partial charge in [0.1, 0.15) is 0 Å². The van der Waals surface area contributed by atoms with E-state index in [-0.39, 0.29) is 12.6 Å². The molecule has 1 fully saturated rings. The molecule has 2 N–H and O–H groups in total. The lowest BCUT2D eigenvalue weighted by Gasteiger charge is -2.35. The molecule has 30 heavy (non-hydrogen) atoms. The van der Waals surface area contributed by atoms with Crippen molar-refractivity contribution in [1.29, 1.82) is 0 Å². The van der Waals surface area contributed by atoms with E-state index in [1.165, 1.54) is 0 Å². The van der Waals surface area contributed by atoms with Crippen molar-refractivity contribution in [3.05, 3.63) is 35.0 Å². The van der Waals surface area contributed by atoms with Gasteiger partial charge in [0.2, 0.25) is 0 Å². The zero-order valence-corrected chi connectivity index (χ0v) is 18.0. The summed E-state index contributed by atoms with van der Waals surface area (Å²) in [4.78, 5) is 29.9. The van der Waals surface area contributed by atoms with E-state index in [2.05, 4.69) is 27.5 Å². The topological polar surface area (TPSA) is 92.4 Å². The normalized spacial score (nSPS) is 20.4. The molecule has 2 amide bonds. The fourth-order valence-electron chi connectivity index (χ4n) is 3.70. The van der Waals surface area contributed by atoms with E-state index in [0.29, 0.717) is 34.9 Å². The van der Waals surface area contributed by atoms with Crippen LogP contribution in [0.15, 0.2) is 29.5 Å². The van der Waals surface area contributed by atoms with Gasteiger partial charge in [-0.1, -0.05) is 6.07 Å². The summed E-state index contributed by atoms with van der Waals surface area (Å²) in [5.41, 5.74) is 1.69. The van der Waals surface area contributed by atoms with E-state index in [4.69, 9.17) is 14.2 Å². The van der Waals surface area contributed by atoms with Crippen LogP contribution >= 0.6 is 0 Å². The molecule has 3 rings (SSSR count). The van der Waals surface area contributed by atoms with E-state index in [1.807, 2.05) is 6.07 Å². The lowest BCUT2D eigenvalue weighted by molar-refractivity contribution is -0.139. The van der Waals surface area contributed by atoms with E-state index < -0.39 is 12.0 Å². The number of nitrogens with one attached hydrogen (secondary N) is 2. The first kappa shape index (κ1) is 21.9. The Morgan fingerprint density at radius 1 is 1.13 bits per heavy atom. The molecule has 0 aliphatic carbocycles. The maximum absolute atomic E-state index is 12.9. The molecule has 9 nitrogen and oxygen atoms in total. The number of amides is 2. The van der Waals surface area contributed by atoms with Gasteiger partial charge in [-0.25, -0.2) is 9.59 Å². The van der Waals surface area contributed by atoms with Gasteiger partial charge in [0.25, 0.3) is 0 Å². The first-order chi connectivity index (χ1) is 14.5. The fraction of sp³-hybridized carbons (Fsp3) is 0.524.